The van der Waals surface area contributed by atoms with Gasteiger partial charge in [0, 0.05) is 12.1 Å². The second-order valence-electron chi connectivity index (χ2n) is 8.01. The molecule has 1 aliphatic rings. The molecule has 0 aliphatic heterocycles. The van der Waals surface area contributed by atoms with Crippen molar-refractivity contribution in [1.82, 2.24) is 5.32 Å². The third-order valence-electron chi connectivity index (χ3n) is 5.39. The van der Waals surface area contributed by atoms with E-state index in [-0.39, 0.29) is 11.5 Å². The van der Waals surface area contributed by atoms with Crippen molar-refractivity contribution < 1.29 is 9.53 Å². The van der Waals surface area contributed by atoms with Crippen LogP contribution in [0.5, 0.6) is 0 Å². The van der Waals surface area contributed by atoms with Crippen molar-refractivity contribution >= 4 is 5.97 Å². The van der Waals surface area contributed by atoms with Gasteiger partial charge in [0.1, 0.15) is 0 Å². The number of carbonyl (C=O) groups excluding carboxylic acids is 1. The minimum atomic E-state index is -0.120. The van der Waals surface area contributed by atoms with E-state index in [1.165, 1.54) is 25.5 Å². The molecule has 1 aliphatic carbocycles. The first-order valence-electron chi connectivity index (χ1n) is 8.70. The van der Waals surface area contributed by atoms with Crippen LogP contribution < -0.4 is 5.32 Å². The topological polar surface area (TPSA) is 38.3 Å². The van der Waals surface area contributed by atoms with Gasteiger partial charge in [0.15, 0.2) is 0 Å². The average molecular weight is 317 g/mol. The predicted octanol–water partition coefficient (Wildman–Crippen LogP) is 4.31. The van der Waals surface area contributed by atoms with Crippen molar-refractivity contribution in [3.63, 3.8) is 0 Å². The molecule has 0 unspecified atom stereocenters. The van der Waals surface area contributed by atoms with Crippen molar-refractivity contribution in [2.45, 2.75) is 65.0 Å². The number of methoxy groups -OCH3 is 1. The van der Waals surface area contributed by atoms with Crippen molar-refractivity contribution in [1.29, 1.82) is 0 Å². The highest BCUT2D eigenvalue weighted by Gasteiger charge is 2.40. The molecule has 0 saturated heterocycles. The molecule has 128 valence electrons. The number of ether oxygens (including phenoxy) is 1. The standard InChI is InChI=1S/C20H31NO2/c1-19(2,3)17-10-12-20(13-11-17,14-18(22)23-4)21-15-16-8-6-5-7-9-16/h5-9,17,21H,10-15H2,1-4H3. The molecular formula is C20H31NO2. The molecule has 0 spiro atoms. The number of rotatable bonds is 5. The number of hydrogen-bond acceptors (Lipinski definition) is 3. The van der Waals surface area contributed by atoms with Crippen LogP contribution in [-0.2, 0) is 16.1 Å². The number of carbonyl (C=O) groups is 1. The van der Waals surface area contributed by atoms with Gasteiger partial charge >= 0.3 is 5.97 Å². The Morgan fingerprint density at radius 1 is 1.22 bits per heavy atom. The Hall–Kier alpha value is -1.35. The van der Waals surface area contributed by atoms with Crippen LogP contribution in [0.3, 0.4) is 0 Å². The summed E-state index contributed by atoms with van der Waals surface area (Å²) >= 11 is 0. The summed E-state index contributed by atoms with van der Waals surface area (Å²) < 4.78 is 4.95. The summed E-state index contributed by atoms with van der Waals surface area (Å²) in [4.78, 5) is 11.9. The fourth-order valence-corrected chi connectivity index (χ4v) is 3.69. The smallest absolute Gasteiger partial charge is 0.307 e. The van der Waals surface area contributed by atoms with Crippen molar-refractivity contribution in [3.05, 3.63) is 35.9 Å². The Kier molecular flexibility index (Phi) is 5.85. The fourth-order valence-electron chi connectivity index (χ4n) is 3.69. The summed E-state index contributed by atoms with van der Waals surface area (Å²) in [6.07, 6.45) is 4.88. The van der Waals surface area contributed by atoms with E-state index in [0.29, 0.717) is 11.8 Å². The van der Waals surface area contributed by atoms with E-state index in [1.807, 2.05) is 6.07 Å². The lowest BCUT2D eigenvalue weighted by molar-refractivity contribution is -0.143. The van der Waals surface area contributed by atoms with Crippen LogP contribution >= 0.6 is 0 Å². The maximum absolute atomic E-state index is 11.9. The predicted molar refractivity (Wildman–Crippen MR) is 94.1 cm³/mol. The zero-order valence-electron chi connectivity index (χ0n) is 15.0. The van der Waals surface area contributed by atoms with Crippen molar-refractivity contribution in [2.24, 2.45) is 11.3 Å². The molecule has 3 heteroatoms. The number of benzene rings is 1. The third-order valence-corrected chi connectivity index (χ3v) is 5.39. The quantitative estimate of drug-likeness (QED) is 0.822. The van der Waals surface area contributed by atoms with Crippen molar-refractivity contribution in [3.8, 4) is 0 Å². The Bertz CT molecular complexity index is 496. The zero-order chi connectivity index (χ0) is 16.9. The largest absolute Gasteiger partial charge is 0.469 e. The zero-order valence-corrected chi connectivity index (χ0v) is 15.0. The summed E-state index contributed by atoms with van der Waals surface area (Å²) in [6, 6.07) is 10.4. The molecule has 23 heavy (non-hydrogen) atoms. The molecule has 0 amide bonds. The Balaban J connectivity index is 2.04. The van der Waals surface area contributed by atoms with E-state index in [2.05, 4.69) is 50.4 Å². The highest BCUT2D eigenvalue weighted by atomic mass is 16.5. The molecular weight excluding hydrogens is 286 g/mol. The van der Waals surface area contributed by atoms with E-state index in [9.17, 15) is 4.79 Å². The average Bonchev–Trinajstić information content (AvgIpc) is 2.53. The van der Waals surface area contributed by atoms with Gasteiger partial charge in [-0.25, -0.2) is 0 Å². The minimum absolute atomic E-state index is 0.111. The van der Waals surface area contributed by atoms with E-state index in [0.717, 1.165) is 25.3 Å². The monoisotopic (exact) mass is 317 g/mol. The Labute approximate surface area is 140 Å². The van der Waals surface area contributed by atoms with Gasteiger partial charge in [0.2, 0.25) is 0 Å². The molecule has 1 N–H and O–H groups in total. The van der Waals surface area contributed by atoms with Gasteiger partial charge in [-0.2, -0.15) is 0 Å². The summed E-state index contributed by atoms with van der Waals surface area (Å²) in [7, 11) is 1.48. The van der Waals surface area contributed by atoms with Crippen LogP contribution in [0.2, 0.25) is 0 Å². The molecule has 1 aromatic rings. The maximum atomic E-state index is 11.9. The van der Waals surface area contributed by atoms with E-state index < -0.39 is 0 Å². The molecule has 0 bridgehead atoms. The summed E-state index contributed by atoms with van der Waals surface area (Å²) in [5.41, 5.74) is 1.48. The van der Waals surface area contributed by atoms with Crippen LogP contribution in [0.4, 0.5) is 0 Å². The molecule has 2 rings (SSSR count). The molecule has 0 atom stereocenters. The highest BCUT2D eigenvalue weighted by molar-refractivity contribution is 5.70. The first-order valence-corrected chi connectivity index (χ1v) is 8.70. The molecule has 0 aromatic heterocycles. The first-order chi connectivity index (χ1) is 10.8. The molecule has 1 aromatic carbocycles. The summed E-state index contributed by atoms with van der Waals surface area (Å²) in [6.45, 7) is 7.77. The van der Waals surface area contributed by atoms with Gasteiger partial charge in [-0.3, -0.25) is 4.79 Å². The van der Waals surface area contributed by atoms with Gasteiger partial charge < -0.3 is 10.1 Å². The van der Waals surface area contributed by atoms with Crippen LogP contribution in [0.25, 0.3) is 0 Å². The minimum Gasteiger partial charge on any atom is -0.469 e. The Morgan fingerprint density at radius 3 is 2.35 bits per heavy atom. The second kappa shape index (κ2) is 7.48. The molecule has 3 nitrogen and oxygen atoms in total. The third kappa shape index (κ3) is 5.07. The van der Waals surface area contributed by atoms with E-state index in [4.69, 9.17) is 4.74 Å². The van der Waals surface area contributed by atoms with Crippen LogP contribution in [-0.4, -0.2) is 18.6 Å². The lowest BCUT2D eigenvalue weighted by Gasteiger charge is -2.44. The summed E-state index contributed by atoms with van der Waals surface area (Å²) in [5, 5.41) is 3.69. The van der Waals surface area contributed by atoms with Gasteiger partial charge in [0.25, 0.3) is 0 Å². The lowest BCUT2D eigenvalue weighted by Crippen LogP contribution is -2.50. The first kappa shape index (κ1) is 18.0. The highest BCUT2D eigenvalue weighted by Crippen LogP contribution is 2.42. The maximum Gasteiger partial charge on any atom is 0.307 e. The Morgan fingerprint density at radius 2 is 1.83 bits per heavy atom. The van der Waals surface area contributed by atoms with Gasteiger partial charge in [-0.1, -0.05) is 51.1 Å². The van der Waals surface area contributed by atoms with Crippen LogP contribution in [0.15, 0.2) is 30.3 Å². The van der Waals surface area contributed by atoms with Crippen LogP contribution in [0.1, 0.15) is 58.4 Å². The molecule has 1 saturated carbocycles. The second-order valence-corrected chi connectivity index (χ2v) is 8.01. The lowest BCUT2D eigenvalue weighted by atomic mass is 9.66. The SMILES string of the molecule is COC(=O)CC1(NCc2ccccc2)CCC(C(C)(C)C)CC1. The van der Waals surface area contributed by atoms with Gasteiger partial charge in [0.05, 0.1) is 13.5 Å². The molecule has 1 fully saturated rings. The fraction of sp³-hybridized carbons (Fsp3) is 0.650. The normalized spacial score (nSPS) is 25.1. The van der Waals surface area contributed by atoms with E-state index >= 15 is 0 Å². The van der Waals surface area contributed by atoms with Crippen molar-refractivity contribution in [2.75, 3.05) is 7.11 Å². The number of nitrogens with one attached hydrogen (secondary N) is 1. The summed E-state index contributed by atoms with van der Waals surface area (Å²) in [5.74, 6) is 0.617. The van der Waals surface area contributed by atoms with Gasteiger partial charge in [-0.05, 0) is 42.6 Å². The molecule has 0 radical (unpaired) electrons. The number of hydrogen-bond donors (Lipinski definition) is 1. The van der Waals surface area contributed by atoms with E-state index in [1.54, 1.807) is 0 Å². The number of esters is 1. The molecule has 0 heterocycles. The van der Waals surface area contributed by atoms with Crippen LogP contribution in [0, 0.1) is 11.3 Å². The van der Waals surface area contributed by atoms with Gasteiger partial charge in [-0.15, -0.1) is 0 Å².